The van der Waals surface area contributed by atoms with E-state index in [1.54, 1.807) is 0 Å². The van der Waals surface area contributed by atoms with Crippen molar-refractivity contribution in [3.63, 3.8) is 0 Å². The van der Waals surface area contributed by atoms with Crippen LogP contribution in [0.3, 0.4) is 0 Å². The van der Waals surface area contributed by atoms with Gasteiger partial charge in [-0.05, 0) is 31.6 Å². The summed E-state index contributed by atoms with van der Waals surface area (Å²) in [6, 6.07) is 0. The number of hydrogen-bond acceptors (Lipinski definition) is 2. The second kappa shape index (κ2) is 2.48. The molecule has 0 N–H and O–H groups in total. The fourth-order valence-electron chi connectivity index (χ4n) is 2.87. The van der Waals surface area contributed by atoms with Crippen LogP contribution in [0.4, 0.5) is 0 Å². The molecule has 0 amide bonds. The monoisotopic (exact) mass is 168 g/mol. The molecule has 2 aliphatic rings. The highest BCUT2D eigenvalue weighted by Crippen LogP contribution is 2.54. The lowest BCUT2D eigenvalue weighted by Crippen LogP contribution is -2.31. The third-order valence-corrected chi connectivity index (χ3v) is 3.51. The highest BCUT2D eigenvalue weighted by Gasteiger charge is 2.50. The van der Waals surface area contributed by atoms with Gasteiger partial charge in [0.2, 0.25) is 0 Å². The summed E-state index contributed by atoms with van der Waals surface area (Å²) in [6.07, 6.45) is 5.18. The molecule has 2 heteroatoms. The Morgan fingerprint density at radius 3 is 2.75 bits per heavy atom. The Balaban J connectivity index is 2.05. The maximum atomic E-state index is 10.8. The predicted molar refractivity (Wildman–Crippen MR) is 45.6 cm³/mol. The smallest absolute Gasteiger partial charge is 0.302 e. The van der Waals surface area contributed by atoms with E-state index in [9.17, 15) is 4.79 Å². The fourth-order valence-corrected chi connectivity index (χ4v) is 2.87. The molecule has 2 aliphatic carbocycles. The Bertz CT molecular complexity index is 212. The van der Waals surface area contributed by atoms with Crippen LogP contribution >= 0.6 is 0 Å². The molecule has 2 nitrogen and oxygen atoms in total. The Hall–Kier alpha value is -0.530. The molecule has 0 radical (unpaired) electrons. The highest BCUT2D eigenvalue weighted by atomic mass is 16.5. The second-order valence-electron chi connectivity index (χ2n) is 4.60. The number of hydrogen-bond donors (Lipinski definition) is 0. The van der Waals surface area contributed by atoms with Crippen molar-refractivity contribution in [3.8, 4) is 0 Å². The van der Waals surface area contributed by atoms with Crippen LogP contribution in [0.25, 0.3) is 0 Å². The normalized spacial score (nSPS) is 44.8. The van der Waals surface area contributed by atoms with E-state index >= 15 is 0 Å². The predicted octanol–water partition coefficient (Wildman–Crippen LogP) is 2.13. The van der Waals surface area contributed by atoms with Crippen molar-refractivity contribution in [2.75, 3.05) is 0 Å². The maximum Gasteiger partial charge on any atom is 0.302 e. The number of carbonyl (C=O) groups is 1. The summed E-state index contributed by atoms with van der Waals surface area (Å²) in [4.78, 5) is 10.8. The number of esters is 1. The molecule has 0 aliphatic heterocycles. The lowest BCUT2D eigenvalue weighted by atomic mass is 9.84. The molecule has 68 valence electrons. The van der Waals surface area contributed by atoms with Crippen molar-refractivity contribution in [1.29, 1.82) is 0 Å². The SMILES string of the molecule is CC(=O)O[C@@H]1C[C@H]2CC[C@]1(C)C2. The lowest BCUT2D eigenvalue weighted by Gasteiger charge is -2.30. The summed E-state index contributed by atoms with van der Waals surface area (Å²) in [7, 11) is 0. The fraction of sp³-hybridized carbons (Fsp3) is 0.900. The maximum absolute atomic E-state index is 10.8. The van der Waals surface area contributed by atoms with Gasteiger partial charge in [0.05, 0.1) is 0 Å². The molecular formula is C10H16O2. The van der Waals surface area contributed by atoms with Crippen LogP contribution in [-0.4, -0.2) is 12.1 Å². The van der Waals surface area contributed by atoms with E-state index in [0.29, 0.717) is 5.41 Å². The van der Waals surface area contributed by atoms with Gasteiger partial charge in [-0.15, -0.1) is 0 Å². The van der Waals surface area contributed by atoms with Gasteiger partial charge in [0.15, 0.2) is 0 Å². The molecule has 0 unspecified atom stereocenters. The van der Waals surface area contributed by atoms with E-state index in [2.05, 4.69) is 6.92 Å². The van der Waals surface area contributed by atoms with Crippen LogP contribution in [0.1, 0.15) is 39.5 Å². The van der Waals surface area contributed by atoms with Gasteiger partial charge < -0.3 is 4.74 Å². The third kappa shape index (κ3) is 1.13. The van der Waals surface area contributed by atoms with Gasteiger partial charge in [0.1, 0.15) is 6.10 Å². The Kier molecular flexibility index (Phi) is 1.67. The van der Waals surface area contributed by atoms with Gasteiger partial charge in [-0.1, -0.05) is 6.92 Å². The average molecular weight is 168 g/mol. The van der Waals surface area contributed by atoms with E-state index < -0.39 is 0 Å². The van der Waals surface area contributed by atoms with Crippen LogP contribution in [0.2, 0.25) is 0 Å². The lowest BCUT2D eigenvalue weighted by molar-refractivity contribution is -0.152. The van der Waals surface area contributed by atoms with E-state index in [4.69, 9.17) is 4.74 Å². The molecule has 2 fully saturated rings. The first-order chi connectivity index (χ1) is 5.60. The zero-order valence-electron chi connectivity index (χ0n) is 7.80. The van der Waals surface area contributed by atoms with Crippen LogP contribution in [0.5, 0.6) is 0 Å². The molecule has 0 heterocycles. The van der Waals surface area contributed by atoms with Crippen molar-refractivity contribution >= 4 is 5.97 Å². The minimum Gasteiger partial charge on any atom is -0.462 e. The van der Waals surface area contributed by atoms with Crippen LogP contribution in [0.15, 0.2) is 0 Å². The van der Waals surface area contributed by atoms with Gasteiger partial charge in [-0.25, -0.2) is 0 Å². The Morgan fingerprint density at radius 2 is 2.33 bits per heavy atom. The van der Waals surface area contributed by atoms with Gasteiger partial charge in [0, 0.05) is 12.3 Å². The van der Waals surface area contributed by atoms with Gasteiger partial charge in [0.25, 0.3) is 0 Å². The first-order valence-electron chi connectivity index (χ1n) is 4.77. The molecule has 2 saturated carbocycles. The molecule has 0 spiro atoms. The van der Waals surface area contributed by atoms with Crippen molar-refractivity contribution in [2.24, 2.45) is 11.3 Å². The Labute approximate surface area is 73.3 Å². The van der Waals surface area contributed by atoms with Crippen molar-refractivity contribution in [1.82, 2.24) is 0 Å². The minimum atomic E-state index is -0.117. The van der Waals surface area contributed by atoms with Crippen molar-refractivity contribution in [3.05, 3.63) is 0 Å². The van der Waals surface area contributed by atoms with E-state index in [1.165, 1.54) is 26.2 Å². The first kappa shape index (κ1) is 8.09. The highest BCUT2D eigenvalue weighted by molar-refractivity contribution is 5.66. The average Bonchev–Trinajstić information content (AvgIpc) is 2.42. The molecule has 0 aromatic heterocycles. The van der Waals surface area contributed by atoms with E-state index in [1.807, 2.05) is 0 Å². The molecule has 0 saturated heterocycles. The summed E-state index contributed by atoms with van der Waals surface area (Å²) < 4.78 is 5.31. The second-order valence-corrected chi connectivity index (χ2v) is 4.60. The number of fused-ring (bicyclic) bond motifs is 2. The molecule has 12 heavy (non-hydrogen) atoms. The van der Waals surface area contributed by atoms with E-state index in [0.717, 1.165) is 12.3 Å². The summed E-state index contributed by atoms with van der Waals surface area (Å²) >= 11 is 0. The van der Waals surface area contributed by atoms with Crippen LogP contribution in [-0.2, 0) is 9.53 Å². The quantitative estimate of drug-likeness (QED) is 0.561. The largest absolute Gasteiger partial charge is 0.462 e. The topological polar surface area (TPSA) is 26.3 Å². The van der Waals surface area contributed by atoms with Gasteiger partial charge >= 0.3 is 5.97 Å². The summed E-state index contributed by atoms with van der Waals surface area (Å²) in [5, 5.41) is 0. The molecular weight excluding hydrogens is 152 g/mol. The van der Waals surface area contributed by atoms with Gasteiger partial charge in [-0.3, -0.25) is 4.79 Å². The van der Waals surface area contributed by atoms with E-state index in [-0.39, 0.29) is 12.1 Å². The van der Waals surface area contributed by atoms with Crippen molar-refractivity contribution in [2.45, 2.75) is 45.6 Å². The van der Waals surface area contributed by atoms with Crippen molar-refractivity contribution < 1.29 is 9.53 Å². The van der Waals surface area contributed by atoms with Crippen LogP contribution in [0, 0.1) is 11.3 Å². The van der Waals surface area contributed by atoms with Gasteiger partial charge in [-0.2, -0.15) is 0 Å². The van der Waals surface area contributed by atoms with Crippen LogP contribution < -0.4 is 0 Å². The minimum absolute atomic E-state index is 0.117. The first-order valence-corrected chi connectivity index (χ1v) is 4.77. The molecule has 0 aromatic rings. The standard InChI is InChI=1S/C10H16O2/c1-7(11)12-9-5-8-3-4-10(9,2)6-8/h8-9H,3-6H2,1-2H3/t8-,9-,10-/m1/s1. The zero-order chi connectivity index (χ0) is 8.77. The molecule has 2 bridgehead atoms. The number of carbonyl (C=O) groups excluding carboxylic acids is 1. The summed E-state index contributed by atoms with van der Waals surface area (Å²) in [6.45, 7) is 3.77. The number of rotatable bonds is 1. The summed E-state index contributed by atoms with van der Waals surface area (Å²) in [5.74, 6) is 0.716. The molecule has 3 atom stereocenters. The molecule has 2 rings (SSSR count). The Morgan fingerprint density at radius 1 is 1.58 bits per heavy atom. The zero-order valence-corrected chi connectivity index (χ0v) is 7.80. The number of ether oxygens (including phenoxy) is 1. The third-order valence-electron chi connectivity index (χ3n) is 3.51. The summed E-state index contributed by atoms with van der Waals surface area (Å²) in [5.41, 5.74) is 0.316. The molecule has 0 aromatic carbocycles.